The Morgan fingerprint density at radius 1 is 1.20 bits per heavy atom. The van der Waals surface area contributed by atoms with Crippen LogP contribution in [0, 0.1) is 17.0 Å². The summed E-state index contributed by atoms with van der Waals surface area (Å²) in [5, 5.41) is 8.69. The van der Waals surface area contributed by atoms with E-state index in [9.17, 15) is 8.78 Å². The number of hydrogen-bond donors (Lipinski definition) is 0. The Bertz CT molecular complexity index is 812. The zero-order chi connectivity index (χ0) is 17.8. The van der Waals surface area contributed by atoms with E-state index in [1.165, 1.54) is 18.2 Å². The van der Waals surface area contributed by atoms with Crippen molar-refractivity contribution < 1.29 is 13.5 Å². The van der Waals surface area contributed by atoms with Gasteiger partial charge in [0.2, 0.25) is 0 Å². The van der Waals surface area contributed by atoms with E-state index in [0.717, 1.165) is 30.5 Å². The van der Waals surface area contributed by atoms with E-state index in [-0.39, 0.29) is 22.1 Å². The van der Waals surface area contributed by atoms with Crippen molar-refractivity contribution in [3.05, 3.63) is 47.2 Å². The Morgan fingerprint density at radius 3 is 2.60 bits per heavy atom. The zero-order valence-corrected chi connectivity index (χ0v) is 14.8. The van der Waals surface area contributed by atoms with Gasteiger partial charge in [-0.1, -0.05) is 26.3 Å². The second kappa shape index (κ2) is 5.56. The van der Waals surface area contributed by atoms with Gasteiger partial charge in [0.15, 0.2) is 0 Å². The standard InChI is InChI=1S/C20H22F2N2O/c1-19(2)13-6-5-9-20(19,11-25-3)18-12(13)10-16(23-24-18)17-14(21)7-4-8-15(17)22/h4,7-8,10,13H,5-6,9,11H2,1-3H3/t13-,20+/m1/s1. The molecule has 1 aromatic carbocycles. The van der Waals surface area contributed by atoms with Crippen LogP contribution in [0.5, 0.6) is 0 Å². The number of aromatic nitrogens is 2. The minimum absolute atomic E-state index is 0.0231. The molecule has 0 spiro atoms. The molecule has 2 bridgehead atoms. The van der Waals surface area contributed by atoms with E-state index < -0.39 is 11.6 Å². The van der Waals surface area contributed by atoms with Gasteiger partial charge in [-0.05, 0) is 47.9 Å². The predicted octanol–water partition coefficient (Wildman–Crippen LogP) is 4.61. The quantitative estimate of drug-likeness (QED) is 0.815. The van der Waals surface area contributed by atoms with Crippen LogP contribution in [0.4, 0.5) is 8.78 Å². The summed E-state index contributed by atoms with van der Waals surface area (Å²) >= 11 is 0. The SMILES string of the molecule is COC[C@@]12CCC[C@H](c3cc(-c4c(F)cccc4F)nnc31)C2(C)C. The van der Waals surface area contributed by atoms with Crippen molar-refractivity contribution in [1.82, 2.24) is 10.2 Å². The Hall–Kier alpha value is -1.88. The molecule has 2 aromatic rings. The first-order chi connectivity index (χ1) is 11.9. The third-order valence-corrected chi connectivity index (χ3v) is 6.46. The molecule has 0 amide bonds. The van der Waals surface area contributed by atoms with Gasteiger partial charge in [-0.15, -0.1) is 0 Å². The maximum atomic E-state index is 14.2. The summed E-state index contributed by atoms with van der Waals surface area (Å²) in [7, 11) is 1.71. The van der Waals surface area contributed by atoms with Gasteiger partial charge in [0, 0.05) is 12.5 Å². The molecule has 3 nitrogen and oxygen atoms in total. The Kier molecular flexibility index (Phi) is 3.69. The van der Waals surface area contributed by atoms with E-state index in [2.05, 4.69) is 24.0 Å². The number of halogens is 2. The molecule has 1 saturated carbocycles. The molecule has 5 heteroatoms. The first kappa shape index (κ1) is 16.6. The minimum atomic E-state index is -0.610. The van der Waals surface area contributed by atoms with Crippen LogP contribution in [0.1, 0.15) is 50.3 Å². The van der Waals surface area contributed by atoms with Gasteiger partial charge in [-0.2, -0.15) is 10.2 Å². The van der Waals surface area contributed by atoms with Crippen molar-refractivity contribution in [2.24, 2.45) is 5.41 Å². The normalized spacial score (nSPS) is 26.5. The average molecular weight is 344 g/mol. The first-order valence-electron chi connectivity index (χ1n) is 8.74. The molecule has 2 aliphatic carbocycles. The van der Waals surface area contributed by atoms with Crippen molar-refractivity contribution in [3.8, 4) is 11.3 Å². The van der Waals surface area contributed by atoms with Crippen LogP contribution in [-0.4, -0.2) is 23.9 Å². The fourth-order valence-corrected chi connectivity index (χ4v) is 5.07. The number of benzene rings is 1. The van der Waals surface area contributed by atoms with Gasteiger partial charge in [0.05, 0.1) is 23.6 Å². The van der Waals surface area contributed by atoms with Crippen LogP contribution in [0.3, 0.4) is 0 Å². The molecule has 1 heterocycles. The zero-order valence-electron chi connectivity index (χ0n) is 14.8. The molecule has 0 aliphatic heterocycles. The van der Waals surface area contributed by atoms with Crippen LogP contribution < -0.4 is 0 Å². The van der Waals surface area contributed by atoms with E-state index in [1.807, 2.05) is 6.07 Å². The molecular formula is C20H22F2N2O. The van der Waals surface area contributed by atoms with Gasteiger partial charge in [-0.25, -0.2) is 8.78 Å². The number of ether oxygens (including phenoxy) is 1. The van der Waals surface area contributed by atoms with Crippen LogP contribution in [0.25, 0.3) is 11.3 Å². The minimum Gasteiger partial charge on any atom is -0.384 e. The summed E-state index contributed by atoms with van der Waals surface area (Å²) in [4.78, 5) is 0. The summed E-state index contributed by atoms with van der Waals surface area (Å²) in [5.41, 5.74) is 1.99. The molecule has 0 unspecified atom stereocenters. The monoisotopic (exact) mass is 344 g/mol. The fraction of sp³-hybridized carbons (Fsp3) is 0.500. The van der Waals surface area contributed by atoms with E-state index in [4.69, 9.17) is 4.74 Å². The van der Waals surface area contributed by atoms with Crippen molar-refractivity contribution >= 4 is 0 Å². The highest BCUT2D eigenvalue weighted by Gasteiger charge is 2.60. The average Bonchev–Trinajstić information content (AvgIpc) is 2.68. The predicted molar refractivity (Wildman–Crippen MR) is 91.3 cm³/mol. The molecule has 2 atom stereocenters. The maximum absolute atomic E-state index is 14.2. The van der Waals surface area contributed by atoms with Crippen LogP contribution >= 0.6 is 0 Å². The highest BCUT2D eigenvalue weighted by atomic mass is 19.1. The van der Waals surface area contributed by atoms with Crippen LogP contribution in [-0.2, 0) is 10.2 Å². The summed E-state index contributed by atoms with van der Waals surface area (Å²) in [6, 6.07) is 5.71. The molecule has 0 saturated heterocycles. The number of fused-ring (bicyclic) bond motifs is 5. The lowest BCUT2D eigenvalue weighted by molar-refractivity contribution is 0.0145. The van der Waals surface area contributed by atoms with Gasteiger partial charge in [0.1, 0.15) is 11.6 Å². The maximum Gasteiger partial charge on any atom is 0.135 e. The lowest BCUT2D eigenvalue weighted by atomic mass is 9.57. The first-order valence-corrected chi connectivity index (χ1v) is 8.74. The number of hydrogen-bond acceptors (Lipinski definition) is 3. The summed E-state index contributed by atoms with van der Waals surface area (Å²) < 4.78 is 33.9. The Morgan fingerprint density at radius 2 is 1.92 bits per heavy atom. The van der Waals surface area contributed by atoms with Gasteiger partial charge in [0.25, 0.3) is 0 Å². The number of rotatable bonds is 3. The number of methoxy groups -OCH3 is 1. The number of nitrogens with zero attached hydrogens (tertiary/aromatic N) is 2. The molecular weight excluding hydrogens is 322 g/mol. The van der Waals surface area contributed by atoms with Gasteiger partial charge in [-0.3, -0.25) is 0 Å². The lowest BCUT2D eigenvalue weighted by Crippen LogP contribution is -2.46. The van der Waals surface area contributed by atoms with Crippen molar-refractivity contribution in [2.75, 3.05) is 13.7 Å². The molecule has 0 radical (unpaired) electrons. The van der Waals surface area contributed by atoms with Crippen LogP contribution in [0.2, 0.25) is 0 Å². The highest BCUT2D eigenvalue weighted by molar-refractivity contribution is 5.62. The molecule has 1 aromatic heterocycles. The highest BCUT2D eigenvalue weighted by Crippen LogP contribution is 2.64. The van der Waals surface area contributed by atoms with Crippen molar-refractivity contribution in [1.29, 1.82) is 0 Å². The largest absolute Gasteiger partial charge is 0.384 e. The molecule has 132 valence electrons. The van der Waals surface area contributed by atoms with E-state index in [1.54, 1.807) is 7.11 Å². The molecule has 25 heavy (non-hydrogen) atoms. The third-order valence-electron chi connectivity index (χ3n) is 6.46. The fourth-order valence-electron chi connectivity index (χ4n) is 5.07. The molecule has 0 N–H and O–H groups in total. The van der Waals surface area contributed by atoms with E-state index in [0.29, 0.717) is 12.5 Å². The topological polar surface area (TPSA) is 35.0 Å². The molecule has 2 aliphatic rings. The van der Waals surface area contributed by atoms with Crippen molar-refractivity contribution in [3.63, 3.8) is 0 Å². The second-order valence-corrected chi connectivity index (χ2v) is 7.81. The Balaban J connectivity index is 1.91. The molecule has 1 fully saturated rings. The molecule has 4 rings (SSSR count). The lowest BCUT2D eigenvalue weighted by Gasteiger charge is -2.47. The van der Waals surface area contributed by atoms with Crippen LogP contribution in [0.15, 0.2) is 24.3 Å². The van der Waals surface area contributed by atoms with Crippen molar-refractivity contribution in [2.45, 2.75) is 44.4 Å². The summed E-state index contributed by atoms with van der Waals surface area (Å²) in [6.45, 7) is 5.09. The third kappa shape index (κ3) is 2.11. The smallest absolute Gasteiger partial charge is 0.135 e. The van der Waals surface area contributed by atoms with Gasteiger partial charge < -0.3 is 4.74 Å². The second-order valence-electron chi connectivity index (χ2n) is 7.81. The van der Waals surface area contributed by atoms with E-state index >= 15 is 0 Å². The summed E-state index contributed by atoms with van der Waals surface area (Å²) in [6.07, 6.45) is 3.15. The van der Waals surface area contributed by atoms with Gasteiger partial charge >= 0.3 is 0 Å². The summed E-state index contributed by atoms with van der Waals surface area (Å²) in [5.74, 6) is -0.919. The Labute approximate surface area is 146 Å².